The maximum Gasteiger partial charge on any atom is 0.416 e. The molecule has 0 heterocycles. The first-order valence-corrected chi connectivity index (χ1v) is 6.90. The number of rotatable bonds is 2. The van der Waals surface area contributed by atoms with Crippen molar-refractivity contribution in [2.45, 2.75) is 6.18 Å². The van der Waals surface area contributed by atoms with E-state index in [4.69, 9.17) is 0 Å². The van der Waals surface area contributed by atoms with Crippen molar-refractivity contribution in [1.82, 2.24) is 0 Å². The molecule has 0 aromatic heterocycles. The molecule has 108 valence electrons. The minimum atomic E-state index is -4.35. The Hall–Kier alpha value is -1.93. The van der Waals surface area contributed by atoms with Crippen molar-refractivity contribution < 1.29 is 13.2 Å². The molecule has 1 nitrogen and oxygen atoms in total. The molecule has 0 bridgehead atoms. The van der Waals surface area contributed by atoms with E-state index in [0.717, 1.165) is 17.7 Å². The van der Waals surface area contributed by atoms with E-state index < -0.39 is 11.7 Å². The van der Waals surface area contributed by atoms with Gasteiger partial charge in [0.15, 0.2) is 0 Å². The summed E-state index contributed by atoms with van der Waals surface area (Å²) in [5.41, 5.74) is 0.541. The molecule has 21 heavy (non-hydrogen) atoms. The van der Waals surface area contributed by atoms with E-state index in [2.05, 4.69) is 33.1 Å². The van der Waals surface area contributed by atoms with E-state index in [1.807, 2.05) is 30.3 Å². The first-order chi connectivity index (χ1) is 9.97. The maximum absolute atomic E-state index is 12.6. The van der Waals surface area contributed by atoms with Crippen LogP contribution in [-0.2, 0) is 6.18 Å². The Morgan fingerprint density at radius 2 is 1.76 bits per heavy atom. The van der Waals surface area contributed by atoms with Crippen LogP contribution in [0.5, 0.6) is 0 Å². The van der Waals surface area contributed by atoms with Gasteiger partial charge in [0.25, 0.3) is 0 Å². The number of hydrogen-bond acceptors (Lipinski definition) is 1. The Morgan fingerprint density at radius 1 is 1.05 bits per heavy atom. The highest BCUT2D eigenvalue weighted by atomic mass is 79.9. The fourth-order valence-corrected chi connectivity index (χ4v) is 2.03. The Labute approximate surface area is 129 Å². The minimum Gasteiger partial charge on any atom is -0.373 e. The van der Waals surface area contributed by atoms with Crippen molar-refractivity contribution in [3.63, 3.8) is 0 Å². The van der Waals surface area contributed by atoms with Crippen LogP contribution in [0.4, 0.5) is 18.9 Å². The largest absolute Gasteiger partial charge is 0.416 e. The molecule has 0 aliphatic rings. The Bertz CT molecular complexity index is 669. The van der Waals surface area contributed by atoms with E-state index in [9.17, 15) is 13.2 Å². The van der Waals surface area contributed by atoms with Gasteiger partial charge in [0.05, 0.1) is 12.1 Å². The molecule has 0 fully saturated rings. The molecule has 2 aromatic rings. The van der Waals surface area contributed by atoms with Crippen LogP contribution < -0.4 is 5.32 Å². The van der Waals surface area contributed by atoms with Crippen LogP contribution in [-0.4, -0.2) is 6.54 Å². The second-order valence-corrected chi connectivity index (χ2v) is 5.07. The standard InChI is InChI=1S/C16H11BrF3N/c17-14-9-8-13(16(18,19)20)11-15(14)21-10-4-7-12-5-2-1-3-6-12/h1-3,5-6,8-9,11,21H,10H2. The molecule has 0 saturated carbocycles. The summed E-state index contributed by atoms with van der Waals surface area (Å²) in [7, 11) is 0. The highest BCUT2D eigenvalue weighted by Gasteiger charge is 2.30. The van der Waals surface area contributed by atoms with Gasteiger partial charge in [-0.05, 0) is 46.3 Å². The van der Waals surface area contributed by atoms with Crippen molar-refractivity contribution in [2.75, 3.05) is 11.9 Å². The molecule has 0 radical (unpaired) electrons. The van der Waals surface area contributed by atoms with Crippen LogP contribution in [0, 0.1) is 11.8 Å². The van der Waals surface area contributed by atoms with Crippen molar-refractivity contribution in [3.8, 4) is 11.8 Å². The highest BCUT2D eigenvalue weighted by Crippen LogP contribution is 2.33. The molecule has 0 atom stereocenters. The number of halogens is 4. The fourth-order valence-electron chi connectivity index (χ4n) is 1.64. The average Bonchev–Trinajstić information content (AvgIpc) is 2.45. The predicted molar refractivity (Wildman–Crippen MR) is 81.0 cm³/mol. The lowest BCUT2D eigenvalue weighted by atomic mass is 10.2. The second-order valence-electron chi connectivity index (χ2n) is 4.21. The summed E-state index contributed by atoms with van der Waals surface area (Å²) < 4.78 is 38.5. The molecule has 2 aromatic carbocycles. The first kappa shape index (κ1) is 15.5. The molecule has 0 unspecified atom stereocenters. The third-order valence-corrected chi connectivity index (χ3v) is 3.36. The van der Waals surface area contributed by atoms with Gasteiger partial charge in [-0.15, -0.1) is 0 Å². The van der Waals surface area contributed by atoms with Crippen molar-refractivity contribution in [1.29, 1.82) is 0 Å². The third-order valence-electron chi connectivity index (χ3n) is 2.67. The quantitative estimate of drug-likeness (QED) is 0.754. The molecule has 1 N–H and O–H groups in total. The lowest BCUT2D eigenvalue weighted by molar-refractivity contribution is -0.137. The molecule has 2 rings (SSSR count). The first-order valence-electron chi connectivity index (χ1n) is 6.11. The van der Waals surface area contributed by atoms with Crippen molar-refractivity contribution >= 4 is 21.6 Å². The summed E-state index contributed by atoms with van der Waals surface area (Å²) in [5, 5.41) is 2.88. The Kier molecular flexibility index (Phi) is 4.92. The molecular weight excluding hydrogens is 343 g/mol. The number of alkyl halides is 3. The van der Waals surface area contributed by atoms with Gasteiger partial charge in [0.2, 0.25) is 0 Å². The number of hydrogen-bond donors (Lipinski definition) is 1. The Balaban J connectivity index is 2.05. The van der Waals surface area contributed by atoms with Gasteiger partial charge in [-0.3, -0.25) is 0 Å². The lowest BCUT2D eigenvalue weighted by Gasteiger charge is -2.11. The van der Waals surface area contributed by atoms with Gasteiger partial charge >= 0.3 is 6.18 Å². The van der Waals surface area contributed by atoms with E-state index >= 15 is 0 Å². The average molecular weight is 354 g/mol. The van der Waals surface area contributed by atoms with Crippen LogP contribution in [0.2, 0.25) is 0 Å². The van der Waals surface area contributed by atoms with Gasteiger partial charge in [0, 0.05) is 15.7 Å². The minimum absolute atomic E-state index is 0.259. The number of nitrogens with one attached hydrogen (secondary N) is 1. The molecule has 0 saturated heterocycles. The molecule has 0 aliphatic heterocycles. The number of benzene rings is 2. The van der Waals surface area contributed by atoms with E-state index in [-0.39, 0.29) is 6.54 Å². The van der Waals surface area contributed by atoms with Crippen molar-refractivity contribution in [2.24, 2.45) is 0 Å². The van der Waals surface area contributed by atoms with Crippen molar-refractivity contribution in [3.05, 3.63) is 64.1 Å². The summed E-state index contributed by atoms with van der Waals surface area (Å²) in [6.45, 7) is 0.259. The normalized spacial score (nSPS) is 10.7. The molecular formula is C16H11BrF3N. The van der Waals surface area contributed by atoms with E-state index in [0.29, 0.717) is 10.2 Å². The summed E-state index contributed by atoms with van der Waals surface area (Å²) in [5.74, 6) is 5.80. The van der Waals surface area contributed by atoms with Crippen LogP contribution >= 0.6 is 15.9 Å². The van der Waals surface area contributed by atoms with Crippen LogP contribution in [0.15, 0.2) is 53.0 Å². The van der Waals surface area contributed by atoms with Crippen LogP contribution in [0.25, 0.3) is 0 Å². The zero-order valence-electron chi connectivity index (χ0n) is 10.8. The van der Waals surface area contributed by atoms with Crippen LogP contribution in [0.3, 0.4) is 0 Å². The molecule has 5 heteroatoms. The van der Waals surface area contributed by atoms with Gasteiger partial charge in [-0.25, -0.2) is 0 Å². The monoisotopic (exact) mass is 353 g/mol. The van der Waals surface area contributed by atoms with E-state index in [1.54, 1.807) is 0 Å². The predicted octanol–water partition coefficient (Wildman–Crippen LogP) is 4.93. The van der Waals surface area contributed by atoms with Gasteiger partial charge in [0.1, 0.15) is 0 Å². The summed E-state index contributed by atoms with van der Waals surface area (Å²) in [6, 6.07) is 12.8. The summed E-state index contributed by atoms with van der Waals surface area (Å²) >= 11 is 3.22. The highest BCUT2D eigenvalue weighted by molar-refractivity contribution is 9.10. The topological polar surface area (TPSA) is 12.0 Å². The second kappa shape index (κ2) is 6.68. The third kappa shape index (κ3) is 4.54. The van der Waals surface area contributed by atoms with Crippen LogP contribution in [0.1, 0.15) is 11.1 Å². The lowest BCUT2D eigenvalue weighted by Crippen LogP contribution is -2.07. The number of anilines is 1. The zero-order valence-corrected chi connectivity index (χ0v) is 12.4. The molecule has 0 amide bonds. The molecule has 0 aliphatic carbocycles. The molecule has 0 spiro atoms. The summed E-state index contributed by atoms with van der Waals surface area (Å²) in [4.78, 5) is 0. The smallest absolute Gasteiger partial charge is 0.373 e. The summed E-state index contributed by atoms with van der Waals surface area (Å²) in [6.07, 6.45) is -4.35. The van der Waals surface area contributed by atoms with Gasteiger partial charge < -0.3 is 5.32 Å². The van der Waals surface area contributed by atoms with E-state index in [1.165, 1.54) is 6.07 Å². The zero-order chi connectivity index (χ0) is 15.3. The van der Waals surface area contributed by atoms with Gasteiger partial charge in [-0.2, -0.15) is 13.2 Å². The fraction of sp³-hybridized carbons (Fsp3) is 0.125. The van der Waals surface area contributed by atoms with Gasteiger partial charge in [-0.1, -0.05) is 30.0 Å². The SMILES string of the molecule is FC(F)(F)c1ccc(Br)c(NCC#Cc2ccccc2)c1. The Morgan fingerprint density at radius 3 is 2.43 bits per heavy atom. The maximum atomic E-state index is 12.6.